The Kier molecular flexibility index (Phi) is 3.63. The number of amides is 1. The van der Waals surface area contributed by atoms with Crippen molar-refractivity contribution in [3.8, 4) is 0 Å². The molecule has 0 spiro atoms. The van der Waals surface area contributed by atoms with Gasteiger partial charge in [-0.1, -0.05) is 0 Å². The summed E-state index contributed by atoms with van der Waals surface area (Å²) in [6, 6.07) is 0. The SMILES string of the molecule is CC1(C)OC2C(O1)[C@@H](CO)O[C@H]2N1C=C(CO)C(=O)NC2SC21. The number of thioether (sulfide) groups is 1. The van der Waals surface area contributed by atoms with Gasteiger partial charge in [0.15, 0.2) is 12.0 Å². The second-order valence-corrected chi connectivity index (χ2v) is 7.76. The molecule has 4 unspecified atom stereocenters. The molecule has 0 aliphatic carbocycles. The standard InChI is InChI=1S/C14H20N2O6S/c1-14(2)21-8-7(5-18)20-12(9(8)22-14)16-3-6(4-17)10(19)15-11-13(16)23-11/h3,7-9,11-13,17-18H,4-5H2,1-2H3,(H,15,19)/t7-,8?,9?,11?,12-,13?/m1/s1. The lowest BCUT2D eigenvalue weighted by Crippen LogP contribution is -2.43. The third kappa shape index (κ3) is 2.55. The van der Waals surface area contributed by atoms with Crippen molar-refractivity contribution in [1.29, 1.82) is 0 Å². The van der Waals surface area contributed by atoms with E-state index in [0.717, 1.165) is 0 Å². The molecule has 3 N–H and O–H groups in total. The fourth-order valence-electron chi connectivity index (χ4n) is 3.35. The number of hydrogen-bond acceptors (Lipinski definition) is 8. The maximum atomic E-state index is 12.0. The molecule has 3 saturated heterocycles. The van der Waals surface area contributed by atoms with E-state index in [2.05, 4.69) is 5.32 Å². The molecule has 6 atom stereocenters. The number of aliphatic hydroxyl groups excluding tert-OH is 2. The first kappa shape index (κ1) is 15.7. The molecule has 0 aromatic carbocycles. The lowest BCUT2D eigenvalue weighted by atomic mass is 10.1. The smallest absolute Gasteiger partial charge is 0.251 e. The second-order valence-electron chi connectivity index (χ2n) is 6.49. The van der Waals surface area contributed by atoms with E-state index < -0.39 is 18.1 Å². The van der Waals surface area contributed by atoms with Gasteiger partial charge in [-0.3, -0.25) is 4.79 Å². The quantitative estimate of drug-likeness (QED) is 0.557. The molecule has 3 fully saturated rings. The summed E-state index contributed by atoms with van der Waals surface area (Å²) in [6.45, 7) is 3.14. The van der Waals surface area contributed by atoms with Gasteiger partial charge in [-0.05, 0) is 13.8 Å². The number of carbonyl (C=O) groups is 1. The first-order chi connectivity index (χ1) is 10.9. The van der Waals surface area contributed by atoms with Gasteiger partial charge in [0.1, 0.15) is 29.1 Å². The fourth-order valence-corrected chi connectivity index (χ4v) is 4.26. The molecule has 8 nitrogen and oxygen atoms in total. The Morgan fingerprint density at radius 1 is 1.35 bits per heavy atom. The minimum atomic E-state index is -0.746. The highest BCUT2D eigenvalue weighted by molar-refractivity contribution is 8.07. The number of nitrogens with zero attached hydrogens (tertiary/aromatic N) is 1. The second kappa shape index (κ2) is 5.33. The van der Waals surface area contributed by atoms with Crippen LogP contribution in [-0.4, -0.2) is 75.3 Å². The Labute approximate surface area is 137 Å². The van der Waals surface area contributed by atoms with Crippen molar-refractivity contribution in [2.24, 2.45) is 0 Å². The number of hydrogen-bond donors (Lipinski definition) is 3. The van der Waals surface area contributed by atoms with E-state index in [0.29, 0.717) is 0 Å². The van der Waals surface area contributed by atoms with Crippen LogP contribution in [0.25, 0.3) is 0 Å². The molecule has 0 aromatic rings. The van der Waals surface area contributed by atoms with E-state index in [-0.39, 0.29) is 47.6 Å². The Hall–Kier alpha value is -0.840. The van der Waals surface area contributed by atoms with Crippen LogP contribution in [-0.2, 0) is 19.0 Å². The third-order valence-corrected chi connectivity index (χ3v) is 5.55. The van der Waals surface area contributed by atoms with Crippen LogP contribution in [0.15, 0.2) is 11.8 Å². The molecular weight excluding hydrogens is 324 g/mol. The van der Waals surface area contributed by atoms with E-state index >= 15 is 0 Å². The van der Waals surface area contributed by atoms with Gasteiger partial charge >= 0.3 is 0 Å². The van der Waals surface area contributed by atoms with E-state index in [9.17, 15) is 15.0 Å². The Morgan fingerprint density at radius 2 is 2.09 bits per heavy atom. The predicted molar refractivity (Wildman–Crippen MR) is 79.9 cm³/mol. The molecule has 4 heterocycles. The van der Waals surface area contributed by atoms with Crippen LogP contribution in [0.2, 0.25) is 0 Å². The zero-order valence-electron chi connectivity index (χ0n) is 12.8. The first-order valence-electron chi connectivity index (χ1n) is 7.61. The van der Waals surface area contributed by atoms with Crippen LogP contribution in [0.5, 0.6) is 0 Å². The maximum absolute atomic E-state index is 12.0. The predicted octanol–water partition coefficient (Wildman–Crippen LogP) is -1.07. The van der Waals surface area contributed by atoms with E-state index in [4.69, 9.17) is 14.2 Å². The Morgan fingerprint density at radius 3 is 2.78 bits per heavy atom. The van der Waals surface area contributed by atoms with Crippen molar-refractivity contribution < 1.29 is 29.2 Å². The summed E-state index contributed by atoms with van der Waals surface area (Å²) in [5.74, 6) is -1.02. The molecule has 4 rings (SSSR count). The third-order valence-electron chi connectivity index (χ3n) is 4.40. The van der Waals surface area contributed by atoms with Crippen molar-refractivity contribution >= 4 is 17.7 Å². The van der Waals surface area contributed by atoms with Gasteiger partial charge in [-0.15, -0.1) is 11.8 Å². The zero-order valence-corrected chi connectivity index (χ0v) is 13.7. The fraction of sp³-hybridized carbons (Fsp3) is 0.786. The van der Waals surface area contributed by atoms with Crippen molar-refractivity contribution in [2.75, 3.05) is 13.2 Å². The molecule has 4 aliphatic rings. The molecule has 0 radical (unpaired) electrons. The molecule has 128 valence electrons. The van der Waals surface area contributed by atoms with Gasteiger partial charge in [0, 0.05) is 6.20 Å². The summed E-state index contributed by atoms with van der Waals surface area (Å²) in [5.41, 5.74) is 0.281. The summed E-state index contributed by atoms with van der Waals surface area (Å²) < 4.78 is 17.8. The number of nitrogens with one attached hydrogen (secondary N) is 1. The molecular formula is C14H20N2O6S. The molecule has 0 bridgehead atoms. The van der Waals surface area contributed by atoms with Gasteiger partial charge in [-0.25, -0.2) is 0 Å². The first-order valence-corrected chi connectivity index (χ1v) is 8.55. The van der Waals surface area contributed by atoms with E-state index in [1.165, 1.54) is 0 Å². The number of ether oxygens (including phenoxy) is 3. The highest BCUT2D eigenvalue weighted by atomic mass is 32.2. The Balaban J connectivity index is 1.64. The molecule has 9 heteroatoms. The molecule has 0 aromatic heterocycles. The Bertz CT molecular complexity index is 555. The average Bonchev–Trinajstić information content (AvgIpc) is 3.09. The normalized spacial score (nSPS) is 44.3. The number of fused-ring (bicyclic) bond motifs is 2. The molecule has 4 aliphatic heterocycles. The van der Waals surface area contributed by atoms with Gasteiger partial charge < -0.3 is 34.6 Å². The average molecular weight is 344 g/mol. The monoisotopic (exact) mass is 344 g/mol. The van der Waals surface area contributed by atoms with Crippen molar-refractivity contribution in [2.45, 2.75) is 54.9 Å². The van der Waals surface area contributed by atoms with E-state index in [1.54, 1.807) is 18.0 Å². The molecule has 0 saturated carbocycles. The van der Waals surface area contributed by atoms with Crippen LogP contribution in [0.1, 0.15) is 13.8 Å². The highest BCUT2D eigenvalue weighted by Crippen LogP contribution is 2.48. The van der Waals surface area contributed by atoms with Gasteiger partial charge in [0.05, 0.1) is 18.8 Å². The number of rotatable bonds is 3. The maximum Gasteiger partial charge on any atom is 0.251 e. The van der Waals surface area contributed by atoms with Crippen LogP contribution in [0.3, 0.4) is 0 Å². The number of carbonyl (C=O) groups excluding carboxylic acids is 1. The van der Waals surface area contributed by atoms with Gasteiger partial charge in [-0.2, -0.15) is 0 Å². The minimum Gasteiger partial charge on any atom is -0.394 e. The van der Waals surface area contributed by atoms with Crippen LogP contribution < -0.4 is 5.32 Å². The van der Waals surface area contributed by atoms with Crippen LogP contribution in [0, 0.1) is 0 Å². The highest BCUT2D eigenvalue weighted by Gasteiger charge is 2.60. The van der Waals surface area contributed by atoms with Crippen molar-refractivity contribution in [3.05, 3.63) is 11.8 Å². The lowest BCUT2D eigenvalue weighted by Gasteiger charge is -2.31. The van der Waals surface area contributed by atoms with Crippen LogP contribution in [0.4, 0.5) is 0 Å². The van der Waals surface area contributed by atoms with Gasteiger partial charge in [0.25, 0.3) is 5.91 Å². The minimum absolute atomic E-state index is 0.0263. The van der Waals surface area contributed by atoms with E-state index in [1.807, 2.05) is 18.7 Å². The summed E-state index contributed by atoms with van der Waals surface area (Å²) in [6.07, 6.45) is -0.0492. The molecule has 1 amide bonds. The van der Waals surface area contributed by atoms with Crippen LogP contribution >= 0.6 is 11.8 Å². The summed E-state index contributed by atoms with van der Waals surface area (Å²) >= 11 is 1.60. The summed E-state index contributed by atoms with van der Waals surface area (Å²) in [4.78, 5) is 13.9. The van der Waals surface area contributed by atoms with Crippen molar-refractivity contribution in [1.82, 2.24) is 10.2 Å². The topological polar surface area (TPSA) is 100 Å². The van der Waals surface area contributed by atoms with Gasteiger partial charge in [0.2, 0.25) is 0 Å². The zero-order chi connectivity index (χ0) is 16.4. The summed E-state index contributed by atoms with van der Waals surface area (Å²) in [5, 5.41) is 21.8. The molecule has 23 heavy (non-hydrogen) atoms. The van der Waals surface area contributed by atoms with Crippen molar-refractivity contribution in [3.63, 3.8) is 0 Å². The number of aliphatic hydroxyl groups is 2. The largest absolute Gasteiger partial charge is 0.394 e. The lowest BCUT2D eigenvalue weighted by molar-refractivity contribution is -0.205. The summed E-state index contributed by atoms with van der Waals surface area (Å²) in [7, 11) is 0.